The van der Waals surface area contributed by atoms with Crippen LogP contribution < -0.4 is 10.6 Å². The van der Waals surface area contributed by atoms with E-state index in [-0.39, 0.29) is 6.04 Å². The molecule has 0 aromatic heterocycles. The maximum absolute atomic E-state index is 6.16. The number of halogens is 1. The molecule has 1 aliphatic rings. The van der Waals surface area contributed by atoms with Crippen LogP contribution in [0.15, 0.2) is 22.7 Å². The van der Waals surface area contributed by atoms with Crippen LogP contribution in [0.1, 0.15) is 25.8 Å². The molecule has 0 bridgehead atoms. The molecule has 0 saturated carbocycles. The van der Waals surface area contributed by atoms with Crippen LogP contribution in [0.5, 0.6) is 0 Å². The van der Waals surface area contributed by atoms with Crippen LogP contribution in [0.4, 0.5) is 5.69 Å². The third-order valence-corrected chi connectivity index (χ3v) is 4.70. The molecule has 4 heteroatoms. The SMILES string of the molecule is CCC(N)Cc1cc(Br)ccc1N1CCN(CC)CC1. The molecule has 1 heterocycles. The Kier molecular flexibility index (Phi) is 5.87. The van der Waals surface area contributed by atoms with Gasteiger partial charge < -0.3 is 15.5 Å². The molecule has 1 fully saturated rings. The van der Waals surface area contributed by atoms with Crippen LogP contribution in [-0.4, -0.2) is 43.7 Å². The minimum Gasteiger partial charge on any atom is -0.369 e. The van der Waals surface area contributed by atoms with Crippen LogP contribution in [0.3, 0.4) is 0 Å². The quantitative estimate of drug-likeness (QED) is 0.895. The minimum absolute atomic E-state index is 0.250. The Morgan fingerprint density at radius 1 is 1.20 bits per heavy atom. The average Bonchev–Trinajstić information content (AvgIpc) is 2.47. The smallest absolute Gasteiger partial charge is 0.0401 e. The van der Waals surface area contributed by atoms with E-state index in [9.17, 15) is 0 Å². The number of rotatable bonds is 5. The van der Waals surface area contributed by atoms with Gasteiger partial charge >= 0.3 is 0 Å². The first-order valence-electron chi connectivity index (χ1n) is 7.65. The van der Waals surface area contributed by atoms with E-state index in [2.05, 4.69) is 57.8 Å². The molecular weight excluding hydrogens is 314 g/mol. The maximum Gasteiger partial charge on any atom is 0.0401 e. The van der Waals surface area contributed by atoms with Crippen molar-refractivity contribution in [3.8, 4) is 0 Å². The summed E-state index contributed by atoms with van der Waals surface area (Å²) in [6.07, 6.45) is 1.98. The van der Waals surface area contributed by atoms with Crippen molar-refractivity contribution in [2.24, 2.45) is 5.73 Å². The van der Waals surface area contributed by atoms with Gasteiger partial charge in [-0.3, -0.25) is 0 Å². The summed E-state index contributed by atoms with van der Waals surface area (Å²) in [6.45, 7) is 10.1. The van der Waals surface area contributed by atoms with Crippen molar-refractivity contribution < 1.29 is 0 Å². The van der Waals surface area contributed by atoms with Gasteiger partial charge in [0.15, 0.2) is 0 Å². The highest BCUT2D eigenvalue weighted by Crippen LogP contribution is 2.27. The minimum atomic E-state index is 0.250. The van der Waals surface area contributed by atoms with Gasteiger partial charge in [0.05, 0.1) is 0 Å². The monoisotopic (exact) mass is 339 g/mol. The van der Waals surface area contributed by atoms with Crippen molar-refractivity contribution in [2.75, 3.05) is 37.6 Å². The number of benzene rings is 1. The zero-order valence-corrected chi connectivity index (χ0v) is 14.2. The number of hydrogen-bond donors (Lipinski definition) is 1. The molecule has 1 atom stereocenters. The van der Waals surface area contributed by atoms with Gasteiger partial charge in [0.25, 0.3) is 0 Å². The van der Waals surface area contributed by atoms with E-state index in [1.54, 1.807) is 0 Å². The van der Waals surface area contributed by atoms with Crippen LogP contribution >= 0.6 is 15.9 Å². The summed E-state index contributed by atoms with van der Waals surface area (Å²) >= 11 is 3.59. The molecule has 1 saturated heterocycles. The van der Waals surface area contributed by atoms with E-state index < -0.39 is 0 Å². The molecule has 2 rings (SSSR count). The number of anilines is 1. The Hall–Kier alpha value is -0.580. The van der Waals surface area contributed by atoms with E-state index in [1.807, 2.05) is 0 Å². The van der Waals surface area contributed by atoms with Crippen molar-refractivity contribution >= 4 is 21.6 Å². The van der Waals surface area contributed by atoms with Gasteiger partial charge in [-0.05, 0) is 43.1 Å². The lowest BCUT2D eigenvalue weighted by molar-refractivity contribution is 0.271. The summed E-state index contributed by atoms with van der Waals surface area (Å²) < 4.78 is 1.15. The third kappa shape index (κ3) is 3.96. The number of likely N-dealkylation sites (N-methyl/N-ethyl adjacent to an activating group) is 1. The lowest BCUT2D eigenvalue weighted by atomic mass is 10.0. The first-order chi connectivity index (χ1) is 9.63. The standard InChI is InChI=1S/C16H26BrN3/c1-3-15(18)12-13-11-14(17)5-6-16(13)20-9-7-19(4-2)8-10-20/h5-6,11,15H,3-4,7-10,12,18H2,1-2H3. The van der Waals surface area contributed by atoms with E-state index in [0.717, 1.165) is 50.0 Å². The highest BCUT2D eigenvalue weighted by atomic mass is 79.9. The van der Waals surface area contributed by atoms with Crippen LogP contribution in [0.2, 0.25) is 0 Å². The summed E-state index contributed by atoms with van der Waals surface area (Å²) in [5, 5.41) is 0. The Bertz CT molecular complexity index is 428. The number of hydrogen-bond acceptors (Lipinski definition) is 3. The lowest BCUT2D eigenvalue weighted by Gasteiger charge is -2.36. The molecular formula is C16H26BrN3. The molecule has 1 aliphatic heterocycles. The fourth-order valence-electron chi connectivity index (χ4n) is 2.76. The first-order valence-corrected chi connectivity index (χ1v) is 8.44. The zero-order valence-electron chi connectivity index (χ0n) is 12.6. The van der Waals surface area contributed by atoms with Gasteiger partial charge in [-0.25, -0.2) is 0 Å². The van der Waals surface area contributed by atoms with Crippen LogP contribution in [-0.2, 0) is 6.42 Å². The average molecular weight is 340 g/mol. The molecule has 1 unspecified atom stereocenters. The number of nitrogens with two attached hydrogens (primary N) is 1. The van der Waals surface area contributed by atoms with Gasteiger partial charge in [-0.2, -0.15) is 0 Å². The molecule has 112 valence electrons. The summed E-state index contributed by atoms with van der Waals surface area (Å²) in [6, 6.07) is 6.86. The summed E-state index contributed by atoms with van der Waals surface area (Å²) in [4.78, 5) is 5.02. The molecule has 0 spiro atoms. The summed E-state index contributed by atoms with van der Waals surface area (Å²) in [5.74, 6) is 0. The van der Waals surface area contributed by atoms with Gasteiger partial charge in [-0.1, -0.05) is 29.8 Å². The first kappa shape index (κ1) is 15.8. The van der Waals surface area contributed by atoms with Crippen LogP contribution in [0.25, 0.3) is 0 Å². The predicted molar refractivity (Wildman–Crippen MR) is 90.4 cm³/mol. The third-order valence-electron chi connectivity index (χ3n) is 4.21. The normalized spacial score (nSPS) is 18.3. The van der Waals surface area contributed by atoms with Gasteiger partial charge in [0, 0.05) is 42.4 Å². The van der Waals surface area contributed by atoms with E-state index in [1.165, 1.54) is 11.3 Å². The van der Waals surface area contributed by atoms with Crippen molar-refractivity contribution in [2.45, 2.75) is 32.7 Å². The van der Waals surface area contributed by atoms with E-state index in [4.69, 9.17) is 5.73 Å². The van der Waals surface area contributed by atoms with E-state index in [0.29, 0.717) is 0 Å². The second-order valence-electron chi connectivity index (χ2n) is 5.57. The van der Waals surface area contributed by atoms with Gasteiger partial charge in [0.1, 0.15) is 0 Å². The molecule has 2 N–H and O–H groups in total. The zero-order chi connectivity index (χ0) is 14.5. The van der Waals surface area contributed by atoms with Crippen LogP contribution in [0, 0.1) is 0 Å². The van der Waals surface area contributed by atoms with Gasteiger partial charge in [-0.15, -0.1) is 0 Å². The fourth-order valence-corrected chi connectivity index (χ4v) is 3.17. The maximum atomic E-state index is 6.16. The molecule has 0 radical (unpaired) electrons. The Labute approximate surface area is 131 Å². The lowest BCUT2D eigenvalue weighted by Crippen LogP contribution is -2.46. The molecule has 1 aromatic carbocycles. The highest BCUT2D eigenvalue weighted by molar-refractivity contribution is 9.10. The molecule has 0 amide bonds. The van der Waals surface area contributed by atoms with Crippen molar-refractivity contribution in [1.29, 1.82) is 0 Å². The summed E-state index contributed by atoms with van der Waals surface area (Å²) in [7, 11) is 0. The molecule has 1 aromatic rings. The molecule has 3 nitrogen and oxygen atoms in total. The second-order valence-corrected chi connectivity index (χ2v) is 6.48. The summed E-state index contributed by atoms with van der Waals surface area (Å²) in [5.41, 5.74) is 8.90. The Morgan fingerprint density at radius 3 is 2.50 bits per heavy atom. The topological polar surface area (TPSA) is 32.5 Å². The number of piperazine rings is 1. The fraction of sp³-hybridized carbons (Fsp3) is 0.625. The van der Waals surface area contributed by atoms with Gasteiger partial charge in [0.2, 0.25) is 0 Å². The Morgan fingerprint density at radius 2 is 1.90 bits per heavy atom. The number of nitrogens with zero attached hydrogens (tertiary/aromatic N) is 2. The predicted octanol–water partition coefficient (Wildman–Crippen LogP) is 2.87. The largest absolute Gasteiger partial charge is 0.369 e. The highest BCUT2D eigenvalue weighted by Gasteiger charge is 2.19. The van der Waals surface area contributed by atoms with Crippen molar-refractivity contribution in [1.82, 2.24) is 4.90 Å². The molecule has 0 aliphatic carbocycles. The van der Waals surface area contributed by atoms with Crippen molar-refractivity contribution in [3.63, 3.8) is 0 Å². The van der Waals surface area contributed by atoms with E-state index >= 15 is 0 Å². The van der Waals surface area contributed by atoms with Crippen molar-refractivity contribution in [3.05, 3.63) is 28.2 Å². The molecule has 20 heavy (non-hydrogen) atoms. The Balaban J connectivity index is 2.14. The second kappa shape index (κ2) is 7.43.